The van der Waals surface area contributed by atoms with Gasteiger partial charge < -0.3 is 5.11 Å². The van der Waals surface area contributed by atoms with E-state index in [0.717, 1.165) is 0 Å². The lowest BCUT2D eigenvalue weighted by atomic mass is 10.1. The number of aliphatic hydroxyl groups excluding tert-OH is 1. The monoisotopic (exact) mass is 318 g/mol. The molecule has 0 saturated heterocycles. The van der Waals surface area contributed by atoms with Crippen LogP contribution >= 0.6 is 27.5 Å². The second-order valence-electron chi connectivity index (χ2n) is 3.55. The molecule has 90 valence electrons. The molecule has 2 rings (SSSR count). The zero-order valence-electron chi connectivity index (χ0n) is 8.86. The molecule has 17 heavy (non-hydrogen) atoms. The van der Waals surface area contributed by atoms with E-state index in [1.807, 2.05) is 0 Å². The summed E-state index contributed by atoms with van der Waals surface area (Å²) < 4.78 is 15.8. The molecule has 1 aromatic carbocycles. The van der Waals surface area contributed by atoms with E-state index in [1.54, 1.807) is 19.2 Å². The van der Waals surface area contributed by atoms with Crippen LogP contribution in [0.4, 0.5) is 4.39 Å². The topological polar surface area (TPSA) is 38.0 Å². The number of hydrogen-bond donors (Lipinski definition) is 1. The lowest BCUT2D eigenvalue weighted by molar-refractivity contribution is 0.204. The number of rotatable bonds is 2. The van der Waals surface area contributed by atoms with Crippen molar-refractivity contribution in [3.8, 4) is 0 Å². The van der Waals surface area contributed by atoms with Gasteiger partial charge in [-0.15, -0.1) is 0 Å². The molecule has 0 aliphatic heterocycles. The van der Waals surface area contributed by atoms with Gasteiger partial charge in [-0.1, -0.05) is 17.7 Å². The van der Waals surface area contributed by atoms with E-state index >= 15 is 0 Å². The highest BCUT2D eigenvalue weighted by Crippen LogP contribution is 2.32. The van der Waals surface area contributed by atoms with Crippen molar-refractivity contribution in [2.24, 2.45) is 7.05 Å². The van der Waals surface area contributed by atoms with Crippen molar-refractivity contribution < 1.29 is 9.50 Å². The van der Waals surface area contributed by atoms with Crippen LogP contribution < -0.4 is 0 Å². The molecule has 3 nitrogen and oxygen atoms in total. The Labute approximate surface area is 111 Å². The Kier molecular flexibility index (Phi) is 3.51. The Hall–Kier alpha value is -0.910. The van der Waals surface area contributed by atoms with Crippen molar-refractivity contribution in [2.75, 3.05) is 0 Å². The summed E-state index contributed by atoms with van der Waals surface area (Å²) in [6.45, 7) is 0. The van der Waals surface area contributed by atoms with Gasteiger partial charge in [0.15, 0.2) is 0 Å². The average Bonchev–Trinajstić information content (AvgIpc) is 2.72. The largest absolute Gasteiger partial charge is 0.382 e. The Balaban J connectivity index is 2.48. The maximum absolute atomic E-state index is 13.9. The van der Waals surface area contributed by atoms with Crippen molar-refractivity contribution in [1.29, 1.82) is 0 Å². The molecular weight excluding hydrogens is 310 g/mol. The molecule has 1 atom stereocenters. The molecule has 1 heterocycles. The molecule has 0 saturated carbocycles. The molecule has 0 aliphatic carbocycles. The third-order valence-corrected chi connectivity index (χ3v) is 3.76. The zero-order chi connectivity index (χ0) is 12.6. The summed E-state index contributed by atoms with van der Waals surface area (Å²) in [5.74, 6) is -0.630. The van der Waals surface area contributed by atoms with Gasteiger partial charge in [-0.25, -0.2) is 4.39 Å². The normalized spacial score (nSPS) is 12.8. The maximum Gasteiger partial charge on any atom is 0.149 e. The third-order valence-electron chi connectivity index (χ3n) is 2.50. The predicted octanol–water partition coefficient (Wildman–Crippen LogP) is 3.06. The molecule has 0 radical (unpaired) electrons. The minimum atomic E-state index is -1.09. The molecule has 0 amide bonds. The summed E-state index contributed by atoms with van der Waals surface area (Å²) in [5, 5.41) is 14.0. The van der Waals surface area contributed by atoms with Crippen molar-refractivity contribution in [1.82, 2.24) is 9.78 Å². The number of aromatic nitrogens is 2. The number of benzene rings is 1. The molecule has 0 aliphatic rings. The van der Waals surface area contributed by atoms with Gasteiger partial charge in [0.1, 0.15) is 11.9 Å². The molecular formula is C11H9BrClFN2O. The first-order valence-electron chi connectivity index (χ1n) is 4.81. The smallest absolute Gasteiger partial charge is 0.149 e. The second kappa shape index (κ2) is 4.76. The van der Waals surface area contributed by atoms with Crippen LogP contribution in [0, 0.1) is 5.82 Å². The van der Waals surface area contributed by atoms with Crippen molar-refractivity contribution >= 4 is 27.5 Å². The number of nitrogens with zero attached hydrogens (tertiary/aromatic N) is 2. The molecule has 6 heteroatoms. The summed E-state index contributed by atoms with van der Waals surface area (Å²) in [5.41, 5.74) is 0.629. The minimum Gasteiger partial charge on any atom is -0.382 e. The van der Waals surface area contributed by atoms with Gasteiger partial charge in [-0.05, 0) is 28.1 Å². The standard InChI is InChI=1S/C11H9BrClFN2O/c1-16-8(4-5-15-16)11(17)6-2-3-7(12)9(13)10(6)14/h2-5,11,17H,1H3. The predicted molar refractivity (Wildman–Crippen MR) is 66.4 cm³/mol. The Morgan fingerprint density at radius 1 is 1.47 bits per heavy atom. The highest BCUT2D eigenvalue weighted by Gasteiger charge is 2.20. The van der Waals surface area contributed by atoms with E-state index in [9.17, 15) is 9.50 Å². The first kappa shape index (κ1) is 12.5. The average molecular weight is 320 g/mol. The molecule has 1 N–H and O–H groups in total. The van der Waals surface area contributed by atoms with Crippen LogP contribution in [0.3, 0.4) is 0 Å². The Morgan fingerprint density at radius 3 is 2.76 bits per heavy atom. The molecule has 0 fully saturated rings. The molecule has 1 aromatic heterocycles. The van der Waals surface area contributed by atoms with Gasteiger partial charge in [-0.3, -0.25) is 4.68 Å². The minimum absolute atomic E-state index is 0.0382. The van der Waals surface area contributed by atoms with E-state index in [1.165, 1.54) is 16.9 Å². The van der Waals surface area contributed by atoms with E-state index in [-0.39, 0.29) is 10.6 Å². The maximum atomic E-state index is 13.9. The fourth-order valence-corrected chi connectivity index (χ4v) is 2.04. The van der Waals surface area contributed by atoms with Crippen LogP contribution in [0.25, 0.3) is 0 Å². The lowest BCUT2D eigenvalue weighted by Crippen LogP contribution is -2.08. The second-order valence-corrected chi connectivity index (χ2v) is 4.78. The molecule has 1 unspecified atom stereocenters. The zero-order valence-corrected chi connectivity index (χ0v) is 11.2. The third kappa shape index (κ3) is 2.22. The van der Waals surface area contributed by atoms with Crippen LogP contribution in [0.1, 0.15) is 17.4 Å². The van der Waals surface area contributed by atoms with Crippen LogP contribution in [-0.4, -0.2) is 14.9 Å². The van der Waals surface area contributed by atoms with Crippen molar-refractivity contribution in [3.05, 3.63) is 51.0 Å². The highest BCUT2D eigenvalue weighted by atomic mass is 79.9. The van der Waals surface area contributed by atoms with E-state index in [4.69, 9.17) is 11.6 Å². The Morgan fingerprint density at radius 2 is 2.18 bits per heavy atom. The first-order chi connectivity index (χ1) is 8.02. The van der Waals surface area contributed by atoms with E-state index in [0.29, 0.717) is 10.2 Å². The van der Waals surface area contributed by atoms with Crippen LogP contribution in [0.2, 0.25) is 5.02 Å². The van der Waals surface area contributed by atoms with Gasteiger partial charge in [0.05, 0.1) is 10.7 Å². The van der Waals surface area contributed by atoms with Gasteiger partial charge >= 0.3 is 0 Å². The van der Waals surface area contributed by atoms with Crippen molar-refractivity contribution in [2.45, 2.75) is 6.10 Å². The summed E-state index contributed by atoms with van der Waals surface area (Å²) in [4.78, 5) is 0. The fourth-order valence-electron chi connectivity index (χ4n) is 1.56. The molecule has 0 spiro atoms. The summed E-state index contributed by atoms with van der Waals surface area (Å²) in [6.07, 6.45) is 0.449. The highest BCUT2D eigenvalue weighted by molar-refractivity contribution is 9.10. The number of aryl methyl sites for hydroxylation is 1. The van der Waals surface area contributed by atoms with E-state index < -0.39 is 11.9 Å². The first-order valence-corrected chi connectivity index (χ1v) is 5.99. The summed E-state index contributed by atoms with van der Waals surface area (Å²) in [6, 6.07) is 4.71. The fraction of sp³-hybridized carbons (Fsp3) is 0.182. The van der Waals surface area contributed by atoms with Crippen LogP contribution in [0.15, 0.2) is 28.9 Å². The molecule has 0 bridgehead atoms. The van der Waals surface area contributed by atoms with Gasteiger partial charge in [0, 0.05) is 23.3 Å². The lowest BCUT2D eigenvalue weighted by Gasteiger charge is -2.13. The van der Waals surface area contributed by atoms with Crippen LogP contribution in [-0.2, 0) is 7.05 Å². The van der Waals surface area contributed by atoms with Gasteiger partial charge in [0.25, 0.3) is 0 Å². The van der Waals surface area contributed by atoms with E-state index in [2.05, 4.69) is 21.0 Å². The number of aliphatic hydroxyl groups is 1. The Bertz CT molecular complexity index is 558. The van der Waals surface area contributed by atoms with Crippen LogP contribution in [0.5, 0.6) is 0 Å². The van der Waals surface area contributed by atoms with Gasteiger partial charge in [-0.2, -0.15) is 5.10 Å². The number of halogens is 3. The summed E-state index contributed by atoms with van der Waals surface area (Å²) >= 11 is 8.89. The quantitative estimate of drug-likeness (QED) is 0.864. The number of hydrogen-bond acceptors (Lipinski definition) is 2. The van der Waals surface area contributed by atoms with Gasteiger partial charge in [0.2, 0.25) is 0 Å². The molecule has 2 aromatic rings. The SMILES string of the molecule is Cn1nccc1C(O)c1ccc(Br)c(Cl)c1F. The van der Waals surface area contributed by atoms with Crippen molar-refractivity contribution in [3.63, 3.8) is 0 Å². The summed E-state index contributed by atoms with van der Waals surface area (Å²) in [7, 11) is 1.68.